The highest BCUT2D eigenvalue weighted by molar-refractivity contribution is 7.98. The molecule has 0 aliphatic heterocycles. The number of hydrogen-bond donors (Lipinski definition) is 1. The molecule has 7 nitrogen and oxygen atoms in total. The molecule has 4 rings (SSSR count). The standard InChI is InChI=1S/C23H25N5O2S/c1-23(2,3)17-9-11-18(12-10-17)29-14-20-26-27-22(28(20)24)31-15-21-25-13-19(30-21)16-7-5-4-6-8-16/h4-13H,14-15,24H2,1-3H3. The Hall–Kier alpha value is -3.26. The molecular formula is C23H25N5O2S. The summed E-state index contributed by atoms with van der Waals surface area (Å²) in [5, 5.41) is 8.87. The van der Waals surface area contributed by atoms with Crippen molar-refractivity contribution in [2.45, 2.75) is 43.7 Å². The van der Waals surface area contributed by atoms with Crippen molar-refractivity contribution < 1.29 is 9.15 Å². The quantitative estimate of drug-likeness (QED) is 0.329. The molecule has 0 unspecified atom stereocenters. The highest BCUT2D eigenvalue weighted by Crippen LogP contribution is 2.26. The van der Waals surface area contributed by atoms with Crippen molar-refractivity contribution in [3.05, 3.63) is 78.1 Å². The second-order valence-corrected chi connectivity index (χ2v) is 9.05. The first-order valence-electron chi connectivity index (χ1n) is 9.96. The maximum atomic E-state index is 6.15. The summed E-state index contributed by atoms with van der Waals surface area (Å²) in [5.41, 5.74) is 2.35. The van der Waals surface area contributed by atoms with Crippen LogP contribution < -0.4 is 10.6 Å². The van der Waals surface area contributed by atoms with Gasteiger partial charge in [0, 0.05) is 5.56 Å². The smallest absolute Gasteiger partial charge is 0.210 e. The van der Waals surface area contributed by atoms with E-state index < -0.39 is 0 Å². The topological polar surface area (TPSA) is 92.0 Å². The van der Waals surface area contributed by atoms with Crippen LogP contribution in [-0.2, 0) is 17.8 Å². The predicted octanol–water partition coefficient (Wildman–Crippen LogP) is 4.82. The molecule has 2 aromatic heterocycles. The predicted molar refractivity (Wildman–Crippen MR) is 121 cm³/mol. The van der Waals surface area contributed by atoms with Gasteiger partial charge in [0.1, 0.15) is 12.4 Å². The van der Waals surface area contributed by atoms with Crippen LogP contribution in [0.5, 0.6) is 5.75 Å². The van der Waals surface area contributed by atoms with Crippen LogP contribution >= 0.6 is 11.8 Å². The summed E-state index contributed by atoms with van der Waals surface area (Å²) in [6.07, 6.45) is 1.72. The van der Waals surface area contributed by atoms with Gasteiger partial charge in [0.2, 0.25) is 11.0 Å². The third-order valence-corrected chi connectivity index (χ3v) is 5.69. The maximum Gasteiger partial charge on any atom is 0.210 e. The summed E-state index contributed by atoms with van der Waals surface area (Å²) in [6, 6.07) is 17.9. The Morgan fingerprint density at radius 1 is 1.03 bits per heavy atom. The van der Waals surface area contributed by atoms with Gasteiger partial charge in [-0.15, -0.1) is 10.2 Å². The van der Waals surface area contributed by atoms with Crippen LogP contribution in [0, 0.1) is 0 Å². The first kappa shape index (κ1) is 21.0. The van der Waals surface area contributed by atoms with E-state index in [9.17, 15) is 0 Å². The van der Waals surface area contributed by atoms with Gasteiger partial charge in [-0.25, -0.2) is 9.66 Å². The fraction of sp³-hybridized carbons (Fsp3) is 0.261. The largest absolute Gasteiger partial charge is 0.486 e. The lowest BCUT2D eigenvalue weighted by Gasteiger charge is -2.19. The molecule has 0 atom stereocenters. The Morgan fingerprint density at radius 2 is 1.77 bits per heavy atom. The van der Waals surface area contributed by atoms with E-state index in [1.165, 1.54) is 22.0 Å². The van der Waals surface area contributed by atoms with Gasteiger partial charge < -0.3 is 15.0 Å². The van der Waals surface area contributed by atoms with Gasteiger partial charge in [-0.2, -0.15) is 0 Å². The van der Waals surface area contributed by atoms with E-state index in [4.69, 9.17) is 15.0 Å². The van der Waals surface area contributed by atoms with E-state index in [0.717, 1.165) is 17.1 Å². The number of hydrogen-bond acceptors (Lipinski definition) is 7. The molecule has 0 radical (unpaired) electrons. The molecule has 0 saturated heterocycles. The number of rotatable bonds is 7. The number of benzene rings is 2. The van der Waals surface area contributed by atoms with Crippen molar-refractivity contribution in [3.8, 4) is 17.1 Å². The van der Waals surface area contributed by atoms with Crippen LogP contribution in [0.4, 0.5) is 0 Å². The van der Waals surface area contributed by atoms with Crippen LogP contribution in [0.2, 0.25) is 0 Å². The summed E-state index contributed by atoms with van der Waals surface area (Å²) in [4.78, 5) is 4.33. The molecule has 0 amide bonds. The van der Waals surface area contributed by atoms with Crippen LogP contribution in [0.15, 0.2) is 70.4 Å². The number of nitrogens with zero attached hydrogens (tertiary/aromatic N) is 4. The third kappa shape index (κ3) is 5.08. The number of nitrogens with two attached hydrogens (primary N) is 1. The highest BCUT2D eigenvalue weighted by Gasteiger charge is 2.15. The molecule has 2 aromatic carbocycles. The summed E-state index contributed by atoms with van der Waals surface area (Å²) in [5.74, 6) is 9.28. The molecule has 160 valence electrons. The van der Waals surface area contributed by atoms with Gasteiger partial charge in [0.05, 0.1) is 11.9 Å². The molecule has 4 aromatic rings. The SMILES string of the molecule is CC(C)(C)c1ccc(OCc2nnc(SCc3ncc(-c4ccccc4)o3)n2N)cc1. The van der Waals surface area contributed by atoms with Gasteiger partial charge in [-0.05, 0) is 23.1 Å². The fourth-order valence-electron chi connectivity index (χ4n) is 2.94. The van der Waals surface area contributed by atoms with Crippen molar-refractivity contribution in [1.82, 2.24) is 19.9 Å². The second-order valence-electron chi connectivity index (χ2n) is 8.10. The average molecular weight is 436 g/mol. The zero-order valence-electron chi connectivity index (χ0n) is 17.8. The fourth-order valence-corrected chi connectivity index (χ4v) is 3.67. The van der Waals surface area contributed by atoms with Crippen molar-refractivity contribution >= 4 is 11.8 Å². The van der Waals surface area contributed by atoms with Crippen molar-refractivity contribution in [2.24, 2.45) is 0 Å². The average Bonchev–Trinajstić information content (AvgIpc) is 3.38. The number of ether oxygens (including phenoxy) is 1. The Bertz CT molecular complexity index is 1130. The summed E-state index contributed by atoms with van der Waals surface area (Å²) in [6.45, 7) is 6.77. The van der Waals surface area contributed by atoms with E-state index in [0.29, 0.717) is 22.6 Å². The molecule has 0 aliphatic carbocycles. The van der Waals surface area contributed by atoms with Crippen LogP contribution in [0.1, 0.15) is 38.0 Å². The van der Waals surface area contributed by atoms with Crippen molar-refractivity contribution in [3.63, 3.8) is 0 Å². The van der Waals surface area contributed by atoms with E-state index >= 15 is 0 Å². The lowest BCUT2D eigenvalue weighted by atomic mass is 9.87. The highest BCUT2D eigenvalue weighted by atomic mass is 32.2. The minimum Gasteiger partial charge on any atom is -0.486 e. The summed E-state index contributed by atoms with van der Waals surface area (Å²) < 4.78 is 13.1. The zero-order chi connectivity index (χ0) is 21.8. The minimum absolute atomic E-state index is 0.104. The molecule has 0 bridgehead atoms. The normalized spacial score (nSPS) is 11.6. The van der Waals surface area contributed by atoms with Crippen molar-refractivity contribution in [2.75, 3.05) is 5.84 Å². The van der Waals surface area contributed by atoms with Crippen LogP contribution in [-0.4, -0.2) is 19.9 Å². The monoisotopic (exact) mass is 435 g/mol. The zero-order valence-corrected chi connectivity index (χ0v) is 18.6. The Balaban J connectivity index is 1.34. The van der Waals surface area contributed by atoms with E-state index in [2.05, 4.69) is 48.1 Å². The Morgan fingerprint density at radius 3 is 2.48 bits per heavy atom. The van der Waals surface area contributed by atoms with Crippen LogP contribution in [0.3, 0.4) is 0 Å². The first-order valence-corrected chi connectivity index (χ1v) is 10.9. The van der Waals surface area contributed by atoms with Gasteiger partial charge in [0.25, 0.3) is 0 Å². The van der Waals surface area contributed by atoms with Gasteiger partial charge in [-0.3, -0.25) is 0 Å². The number of thioether (sulfide) groups is 1. The summed E-state index contributed by atoms with van der Waals surface area (Å²) in [7, 11) is 0. The van der Waals surface area contributed by atoms with Gasteiger partial charge in [-0.1, -0.05) is 75.0 Å². The third-order valence-electron chi connectivity index (χ3n) is 4.76. The molecule has 31 heavy (non-hydrogen) atoms. The summed E-state index contributed by atoms with van der Waals surface area (Å²) >= 11 is 1.41. The number of oxazole rings is 1. The molecule has 2 N–H and O–H groups in total. The molecule has 2 heterocycles. The Labute approximate surface area is 185 Å². The Kier molecular flexibility index (Phi) is 5.99. The second kappa shape index (κ2) is 8.85. The van der Waals surface area contributed by atoms with Crippen LogP contribution in [0.25, 0.3) is 11.3 Å². The van der Waals surface area contributed by atoms with Gasteiger partial charge >= 0.3 is 0 Å². The van der Waals surface area contributed by atoms with Gasteiger partial charge in [0.15, 0.2) is 11.6 Å². The van der Waals surface area contributed by atoms with E-state index in [1.54, 1.807) is 6.20 Å². The van der Waals surface area contributed by atoms with E-state index in [-0.39, 0.29) is 12.0 Å². The minimum atomic E-state index is 0.104. The lowest BCUT2D eigenvalue weighted by molar-refractivity contribution is 0.291. The first-order chi connectivity index (χ1) is 14.9. The molecule has 8 heteroatoms. The number of nitrogen functional groups attached to an aromatic ring is 1. The van der Waals surface area contributed by atoms with E-state index in [1.807, 2.05) is 42.5 Å². The maximum absolute atomic E-state index is 6.15. The molecule has 0 saturated carbocycles. The molecule has 0 spiro atoms. The number of aromatic nitrogens is 4. The molecule has 0 aliphatic rings. The molecule has 0 fully saturated rings. The molecular weight excluding hydrogens is 410 g/mol. The van der Waals surface area contributed by atoms with Crippen molar-refractivity contribution in [1.29, 1.82) is 0 Å². The lowest BCUT2D eigenvalue weighted by Crippen LogP contribution is -2.16.